The molecule has 0 bridgehead atoms. The molecule has 0 aliphatic rings. The number of carbonyl (C=O) groups excluding carboxylic acids is 3. The lowest BCUT2D eigenvalue weighted by Gasteiger charge is -1.94. The number of hydrogen-bond acceptors (Lipinski definition) is 4. The summed E-state index contributed by atoms with van der Waals surface area (Å²) in [6, 6.07) is 4.81. The van der Waals surface area contributed by atoms with Gasteiger partial charge in [0.1, 0.15) is 5.69 Å². The minimum atomic E-state index is -0.726. The third kappa shape index (κ3) is 2.59. The molecule has 1 heterocycles. The maximum atomic E-state index is 11.2. The van der Waals surface area contributed by atoms with Gasteiger partial charge in [0.15, 0.2) is 12.1 Å². The summed E-state index contributed by atoms with van der Waals surface area (Å²) in [6.45, 7) is 0. The van der Waals surface area contributed by atoms with Crippen molar-refractivity contribution < 1.29 is 14.4 Å². The van der Waals surface area contributed by atoms with E-state index >= 15 is 0 Å². The van der Waals surface area contributed by atoms with E-state index in [1.807, 2.05) is 0 Å². The summed E-state index contributed by atoms with van der Waals surface area (Å²) in [6.07, 6.45) is 1.19. The summed E-state index contributed by atoms with van der Waals surface area (Å²) in [4.78, 5) is 35.4. The Balaban J connectivity index is 2.70. The molecule has 0 aliphatic heterocycles. The maximum absolute atomic E-state index is 11.2. The van der Waals surface area contributed by atoms with Crippen molar-refractivity contribution in [1.82, 2.24) is 4.98 Å². The molecule has 0 saturated heterocycles. The normalized spacial score (nSPS) is 9.23. The molecule has 0 aliphatic carbocycles. The second-order valence-corrected chi connectivity index (χ2v) is 2.40. The standard InChI is InChI=1S/C9H7NO3/c11-6-7(12)5-9(13)8-3-1-2-4-10-8/h1-4,6H,5H2. The van der Waals surface area contributed by atoms with Crippen LogP contribution in [-0.4, -0.2) is 22.8 Å². The van der Waals surface area contributed by atoms with Crippen molar-refractivity contribution in [2.75, 3.05) is 0 Å². The summed E-state index contributed by atoms with van der Waals surface area (Å²) in [5.41, 5.74) is 0.206. The van der Waals surface area contributed by atoms with Crippen molar-refractivity contribution >= 4 is 17.9 Å². The molecular formula is C9H7NO3. The first-order valence-corrected chi connectivity index (χ1v) is 3.66. The molecule has 1 rings (SSSR count). The topological polar surface area (TPSA) is 64.1 Å². The van der Waals surface area contributed by atoms with Crippen molar-refractivity contribution in [3.63, 3.8) is 0 Å². The van der Waals surface area contributed by atoms with Gasteiger partial charge in [0.2, 0.25) is 5.78 Å². The van der Waals surface area contributed by atoms with Gasteiger partial charge < -0.3 is 0 Å². The van der Waals surface area contributed by atoms with Gasteiger partial charge in [-0.25, -0.2) is 0 Å². The first-order valence-electron chi connectivity index (χ1n) is 3.66. The van der Waals surface area contributed by atoms with Gasteiger partial charge >= 0.3 is 0 Å². The summed E-state index contributed by atoms with van der Waals surface area (Å²) in [5, 5.41) is 0. The second-order valence-electron chi connectivity index (χ2n) is 2.40. The zero-order valence-electron chi connectivity index (χ0n) is 6.77. The van der Waals surface area contributed by atoms with Gasteiger partial charge in [-0.3, -0.25) is 19.4 Å². The number of rotatable bonds is 4. The van der Waals surface area contributed by atoms with Crippen LogP contribution >= 0.6 is 0 Å². The van der Waals surface area contributed by atoms with E-state index in [1.54, 1.807) is 12.1 Å². The van der Waals surface area contributed by atoms with Crippen molar-refractivity contribution in [3.8, 4) is 0 Å². The predicted octanol–water partition coefficient (Wildman–Crippen LogP) is 0.422. The highest BCUT2D eigenvalue weighted by molar-refractivity contribution is 6.31. The van der Waals surface area contributed by atoms with Gasteiger partial charge in [-0.15, -0.1) is 0 Å². The Morgan fingerprint density at radius 1 is 1.38 bits per heavy atom. The smallest absolute Gasteiger partial charge is 0.202 e. The van der Waals surface area contributed by atoms with Crippen LogP contribution in [-0.2, 0) is 9.59 Å². The molecular weight excluding hydrogens is 170 g/mol. The van der Waals surface area contributed by atoms with Gasteiger partial charge in [0.05, 0.1) is 6.42 Å². The molecule has 4 nitrogen and oxygen atoms in total. The highest BCUT2D eigenvalue weighted by atomic mass is 16.2. The van der Waals surface area contributed by atoms with E-state index in [0.717, 1.165) is 0 Å². The number of Topliss-reactive ketones (excluding diaryl/α,β-unsaturated/α-hetero) is 2. The van der Waals surface area contributed by atoms with Crippen LogP contribution in [0.25, 0.3) is 0 Å². The number of nitrogens with zero attached hydrogens (tertiary/aromatic N) is 1. The molecule has 4 heteroatoms. The number of aromatic nitrogens is 1. The van der Waals surface area contributed by atoms with Crippen LogP contribution in [0.15, 0.2) is 24.4 Å². The van der Waals surface area contributed by atoms with Crippen LogP contribution < -0.4 is 0 Å². The average Bonchev–Trinajstić information content (AvgIpc) is 2.19. The predicted molar refractivity (Wildman–Crippen MR) is 44.3 cm³/mol. The third-order valence-electron chi connectivity index (χ3n) is 1.42. The molecule has 66 valence electrons. The van der Waals surface area contributed by atoms with Crippen LogP contribution in [0.4, 0.5) is 0 Å². The molecule has 0 spiro atoms. The van der Waals surface area contributed by atoms with Crippen molar-refractivity contribution in [1.29, 1.82) is 0 Å². The van der Waals surface area contributed by atoms with E-state index in [-0.39, 0.29) is 12.0 Å². The lowest BCUT2D eigenvalue weighted by atomic mass is 10.1. The lowest BCUT2D eigenvalue weighted by Crippen LogP contribution is -2.09. The minimum Gasteiger partial charge on any atom is -0.295 e. The number of ketones is 2. The molecule has 0 saturated carbocycles. The summed E-state index contributed by atoms with van der Waals surface area (Å²) in [5.74, 6) is -1.16. The number of carbonyl (C=O) groups is 3. The van der Waals surface area contributed by atoms with Gasteiger partial charge in [-0.2, -0.15) is 0 Å². The molecule has 13 heavy (non-hydrogen) atoms. The zero-order chi connectivity index (χ0) is 9.68. The Labute approximate surface area is 74.6 Å². The Kier molecular flexibility index (Phi) is 3.03. The van der Waals surface area contributed by atoms with Gasteiger partial charge in [-0.05, 0) is 12.1 Å². The fourth-order valence-corrected chi connectivity index (χ4v) is 0.818. The maximum Gasteiger partial charge on any atom is 0.202 e. The van der Waals surface area contributed by atoms with Gasteiger partial charge in [0.25, 0.3) is 0 Å². The Morgan fingerprint density at radius 3 is 2.69 bits per heavy atom. The second kappa shape index (κ2) is 4.25. The van der Waals surface area contributed by atoms with Gasteiger partial charge in [-0.1, -0.05) is 6.07 Å². The van der Waals surface area contributed by atoms with Crippen LogP contribution in [0.5, 0.6) is 0 Å². The highest BCUT2D eigenvalue weighted by Crippen LogP contribution is 1.98. The Bertz CT molecular complexity index is 332. The lowest BCUT2D eigenvalue weighted by molar-refractivity contribution is -0.129. The van der Waals surface area contributed by atoms with Gasteiger partial charge in [0, 0.05) is 6.20 Å². The van der Waals surface area contributed by atoms with Crippen LogP contribution in [0, 0.1) is 0 Å². The van der Waals surface area contributed by atoms with E-state index in [0.29, 0.717) is 0 Å². The summed E-state index contributed by atoms with van der Waals surface area (Å²) in [7, 11) is 0. The first kappa shape index (κ1) is 9.25. The number of hydrogen-bond donors (Lipinski definition) is 0. The molecule has 0 fully saturated rings. The molecule has 0 N–H and O–H groups in total. The summed E-state index contributed by atoms with van der Waals surface area (Å²) >= 11 is 0. The molecule has 1 aromatic heterocycles. The fraction of sp³-hybridized carbons (Fsp3) is 0.111. The molecule has 0 unspecified atom stereocenters. The molecule has 0 amide bonds. The Hall–Kier alpha value is -1.84. The molecule has 0 atom stereocenters. The monoisotopic (exact) mass is 177 g/mol. The molecule has 0 aromatic carbocycles. The van der Waals surface area contributed by atoms with E-state index in [9.17, 15) is 14.4 Å². The zero-order valence-corrected chi connectivity index (χ0v) is 6.77. The van der Waals surface area contributed by atoms with Crippen LogP contribution in [0.1, 0.15) is 16.9 Å². The quantitative estimate of drug-likeness (QED) is 0.289. The van der Waals surface area contributed by atoms with Crippen molar-refractivity contribution in [2.24, 2.45) is 0 Å². The van der Waals surface area contributed by atoms with Crippen LogP contribution in [0.2, 0.25) is 0 Å². The minimum absolute atomic E-state index is 0.140. The third-order valence-corrected chi connectivity index (χ3v) is 1.42. The molecule has 1 aromatic rings. The number of aldehydes is 1. The van der Waals surface area contributed by atoms with E-state index < -0.39 is 18.0 Å². The average molecular weight is 177 g/mol. The number of pyridine rings is 1. The van der Waals surface area contributed by atoms with Crippen molar-refractivity contribution in [2.45, 2.75) is 6.42 Å². The van der Waals surface area contributed by atoms with E-state index in [4.69, 9.17) is 0 Å². The van der Waals surface area contributed by atoms with Crippen LogP contribution in [0.3, 0.4) is 0 Å². The SMILES string of the molecule is O=CC(=O)CC(=O)c1ccccn1. The van der Waals surface area contributed by atoms with E-state index in [1.165, 1.54) is 12.3 Å². The Morgan fingerprint density at radius 2 is 2.15 bits per heavy atom. The highest BCUT2D eigenvalue weighted by Gasteiger charge is 2.10. The largest absolute Gasteiger partial charge is 0.295 e. The van der Waals surface area contributed by atoms with Crippen molar-refractivity contribution in [3.05, 3.63) is 30.1 Å². The molecule has 0 radical (unpaired) electrons. The fourth-order valence-electron chi connectivity index (χ4n) is 0.818. The van der Waals surface area contributed by atoms with E-state index in [2.05, 4.69) is 4.98 Å². The first-order chi connectivity index (χ1) is 6.24. The summed E-state index contributed by atoms with van der Waals surface area (Å²) < 4.78 is 0.